The first-order chi connectivity index (χ1) is 18.4. The fourth-order valence-electron chi connectivity index (χ4n) is 3.78. The van der Waals surface area contributed by atoms with Gasteiger partial charge < -0.3 is 27.7 Å². The van der Waals surface area contributed by atoms with E-state index in [1.54, 1.807) is 72.8 Å². The first-order valence-corrected chi connectivity index (χ1v) is 12.2. The second-order valence-corrected chi connectivity index (χ2v) is 8.56. The van der Waals surface area contributed by atoms with Crippen molar-refractivity contribution in [3.63, 3.8) is 0 Å². The van der Waals surface area contributed by atoms with Crippen LogP contribution in [0.4, 0.5) is 0 Å². The molecular formula is C33H33ClO6Zr. The molecule has 0 aliphatic carbocycles. The van der Waals surface area contributed by atoms with Gasteiger partial charge in [0.25, 0.3) is 0 Å². The zero-order chi connectivity index (χ0) is 29.5. The third kappa shape index (κ3) is 13.6. The minimum atomic E-state index is -0.182. The Kier molecular flexibility index (Phi) is 19.7. The van der Waals surface area contributed by atoms with Gasteiger partial charge in [-0.3, -0.25) is 14.4 Å². The molecule has 41 heavy (non-hydrogen) atoms. The van der Waals surface area contributed by atoms with Crippen LogP contribution in [0.15, 0.2) is 108 Å². The summed E-state index contributed by atoms with van der Waals surface area (Å²) in [5, 5.41) is 33.4. The number of halogens is 1. The molecule has 8 heteroatoms. The molecule has 0 spiro atoms. The van der Waals surface area contributed by atoms with E-state index in [1.807, 2.05) is 18.2 Å². The van der Waals surface area contributed by atoms with Crippen molar-refractivity contribution in [1.82, 2.24) is 0 Å². The van der Waals surface area contributed by atoms with E-state index < -0.39 is 0 Å². The number of hydrogen-bond acceptors (Lipinski definition) is 6. The number of carbonyl (C=O) groups excluding carboxylic acids is 3. The molecule has 0 bridgehead atoms. The van der Waals surface area contributed by atoms with Crippen LogP contribution in [0.25, 0.3) is 16.7 Å². The van der Waals surface area contributed by atoms with Gasteiger partial charge in [-0.1, -0.05) is 112 Å². The molecule has 0 atom stereocenters. The fourth-order valence-corrected chi connectivity index (χ4v) is 3.78. The van der Waals surface area contributed by atoms with Crippen LogP contribution in [0.5, 0.6) is 0 Å². The minimum Gasteiger partial charge on any atom is -1.00 e. The maximum absolute atomic E-state index is 11.1. The Bertz CT molecular complexity index is 1180. The van der Waals surface area contributed by atoms with E-state index in [1.165, 1.54) is 41.5 Å². The zero-order valence-corrected chi connectivity index (χ0v) is 27.2. The number of Topliss-reactive ketones (excluding diaryl/α,β-unsaturated/α-hetero) is 3. The Morgan fingerprint density at radius 3 is 0.707 bits per heavy atom. The molecule has 0 aliphatic heterocycles. The summed E-state index contributed by atoms with van der Waals surface area (Å²) in [7, 11) is 0. The molecule has 0 amide bonds. The molecular weight excluding hydrogens is 619 g/mol. The van der Waals surface area contributed by atoms with Gasteiger partial charge in [-0.15, -0.1) is 17.3 Å². The van der Waals surface area contributed by atoms with Crippen LogP contribution < -0.4 is 27.7 Å². The van der Waals surface area contributed by atoms with Gasteiger partial charge in [-0.2, -0.15) is 0 Å². The number of benzene rings is 3. The minimum absolute atomic E-state index is 0. The molecule has 0 unspecified atom stereocenters. The maximum atomic E-state index is 11.1. The van der Waals surface area contributed by atoms with E-state index in [-0.39, 0.29) is 90.0 Å². The molecule has 6 nitrogen and oxygen atoms in total. The summed E-state index contributed by atoms with van der Waals surface area (Å²) < 4.78 is 0. The molecule has 0 saturated heterocycles. The molecule has 0 heterocycles. The van der Waals surface area contributed by atoms with Crippen molar-refractivity contribution in [3.05, 3.63) is 125 Å². The molecule has 3 aromatic rings. The smallest absolute Gasteiger partial charge is 1.00 e. The Morgan fingerprint density at radius 1 is 0.415 bits per heavy atom. The topological polar surface area (TPSA) is 120 Å². The zero-order valence-electron chi connectivity index (χ0n) is 24.0. The van der Waals surface area contributed by atoms with E-state index in [0.29, 0.717) is 16.7 Å². The van der Waals surface area contributed by atoms with E-state index in [9.17, 15) is 29.7 Å². The van der Waals surface area contributed by atoms with Crippen molar-refractivity contribution in [1.29, 1.82) is 0 Å². The van der Waals surface area contributed by atoms with E-state index in [2.05, 4.69) is 0 Å². The predicted molar refractivity (Wildman–Crippen MR) is 149 cm³/mol. The number of ketones is 3. The Labute approximate surface area is 267 Å². The van der Waals surface area contributed by atoms with Gasteiger partial charge in [0, 0.05) is 16.7 Å². The van der Waals surface area contributed by atoms with E-state index >= 15 is 0 Å². The van der Waals surface area contributed by atoms with Crippen molar-refractivity contribution in [2.45, 2.75) is 41.5 Å². The van der Waals surface area contributed by atoms with Crippen LogP contribution in [0.2, 0.25) is 0 Å². The molecule has 3 aromatic carbocycles. The molecule has 0 aromatic heterocycles. The number of allylic oxidation sites excluding steroid dienone is 6. The van der Waals surface area contributed by atoms with Crippen molar-refractivity contribution in [2.75, 3.05) is 0 Å². The van der Waals surface area contributed by atoms with Gasteiger partial charge in [0.2, 0.25) is 0 Å². The number of hydrogen-bond donors (Lipinski definition) is 0. The van der Waals surface area contributed by atoms with Gasteiger partial charge in [0.05, 0.1) is 0 Å². The van der Waals surface area contributed by atoms with Crippen LogP contribution in [0, 0.1) is 0 Å². The molecule has 0 fully saturated rings. The molecule has 0 radical (unpaired) electrons. The first kappa shape index (κ1) is 39.6. The Hall–Kier alpha value is -3.54. The largest absolute Gasteiger partial charge is 4.00 e. The summed E-state index contributed by atoms with van der Waals surface area (Å²) in [6.07, 6.45) is 0. The Morgan fingerprint density at radius 2 is 0.585 bits per heavy atom. The summed E-state index contributed by atoms with van der Waals surface area (Å²) in [6.45, 7) is 8.44. The van der Waals surface area contributed by atoms with Crippen LogP contribution in [-0.2, 0) is 40.6 Å². The fraction of sp³-hybridized carbons (Fsp3) is 0.182. The van der Waals surface area contributed by atoms with E-state index in [0.717, 1.165) is 0 Å². The summed E-state index contributed by atoms with van der Waals surface area (Å²) in [5.41, 5.74) is 2.93. The molecule has 0 N–H and O–H groups in total. The van der Waals surface area contributed by atoms with E-state index in [4.69, 9.17) is 0 Å². The van der Waals surface area contributed by atoms with Crippen LogP contribution in [0.3, 0.4) is 0 Å². The van der Waals surface area contributed by atoms with Gasteiger partial charge in [0.1, 0.15) is 0 Å². The molecule has 212 valence electrons. The SMILES string of the molecule is CC(=O)/C(=C(/C)[O-])c1ccccc1.CC(=O)/C(=C(/C)[O-])c1ccccc1.CC(=O)C(=C(C)[O-])c1ccccc1.[Cl-].[Zr+4]. The quantitative estimate of drug-likeness (QED) is 0.291. The van der Waals surface area contributed by atoms with Crippen molar-refractivity contribution < 1.29 is 68.3 Å². The van der Waals surface area contributed by atoms with Crippen molar-refractivity contribution >= 4 is 34.1 Å². The van der Waals surface area contributed by atoms with Gasteiger partial charge in [-0.05, 0) is 37.5 Å². The van der Waals surface area contributed by atoms with Crippen LogP contribution in [-0.4, -0.2) is 17.3 Å². The number of rotatable bonds is 6. The van der Waals surface area contributed by atoms with Gasteiger partial charge in [0.15, 0.2) is 17.3 Å². The Balaban J connectivity index is 0. The number of carbonyl (C=O) groups is 3. The van der Waals surface area contributed by atoms with Gasteiger partial charge >= 0.3 is 26.2 Å². The predicted octanol–water partition coefficient (Wildman–Crippen LogP) is 1.10. The molecule has 0 saturated carbocycles. The summed E-state index contributed by atoms with van der Waals surface area (Å²) in [4.78, 5) is 33.4. The normalized spacial score (nSPS) is 11.6. The van der Waals surface area contributed by atoms with Gasteiger partial charge in [-0.25, -0.2) is 0 Å². The van der Waals surface area contributed by atoms with Crippen LogP contribution in [0.1, 0.15) is 58.2 Å². The third-order valence-corrected chi connectivity index (χ3v) is 5.30. The maximum Gasteiger partial charge on any atom is 4.00 e. The second kappa shape index (κ2) is 20.4. The monoisotopic (exact) mass is 650 g/mol. The second-order valence-electron chi connectivity index (χ2n) is 8.56. The standard InChI is InChI=1S/3C11H12O2.ClH.Zr/c3*1-8(12)11(9(2)13)10-6-4-3-5-7-10;;/h3*3-7,12H,1-2H3;1H;/q;;;;+4/p-4/b2*11-8+;;;. The third-order valence-electron chi connectivity index (χ3n) is 5.30. The van der Waals surface area contributed by atoms with Crippen molar-refractivity contribution in [2.24, 2.45) is 0 Å². The summed E-state index contributed by atoms with van der Waals surface area (Å²) >= 11 is 0. The van der Waals surface area contributed by atoms with Crippen LogP contribution >= 0.6 is 0 Å². The molecule has 3 rings (SSSR count). The summed E-state index contributed by atoms with van der Waals surface area (Å²) in [6, 6.07) is 27.0. The van der Waals surface area contributed by atoms with Crippen molar-refractivity contribution in [3.8, 4) is 0 Å². The average Bonchev–Trinajstić information content (AvgIpc) is 2.85. The average molecular weight is 652 g/mol. The molecule has 0 aliphatic rings. The first-order valence-electron chi connectivity index (χ1n) is 12.2. The summed E-state index contributed by atoms with van der Waals surface area (Å²) in [5.74, 6) is -1.09.